The van der Waals surface area contributed by atoms with Crippen LogP contribution in [0.1, 0.15) is 21.7 Å². The van der Waals surface area contributed by atoms with Crippen molar-refractivity contribution in [1.82, 2.24) is 15.1 Å². The molecule has 1 amide bonds. The van der Waals surface area contributed by atoms with Gasteiger partial charge in [-0.05, 0) is 25.1 Å². The fourth-order valence-electron chi connectivity index (χ4n) is 1.92. The van der Waals surface area contributed by atoms with Crippen LogP contribution in [0.2, 0.25) is 0 Å². The summed E-state index contributed by atoms with van der Waals surface area (Å²) in [7, 11) is 0. The van der Waals surface area contributed by atoms with E-state index in [1.165, 1.54) is 12.4 Å². The number of hydrogen-bond donors (Lipinski definition) is 2. The molecule has 0 spiro atoms. The van der Waals surface area contributed by atoms with Crippen LogP contribution in [0.5, 0.6) is 0 Å². The van der Waals surface area contributed by atoms with E-state index in [0.29, 0.717) is 34.3 Å². The van der Waals surface area contributed by atoms with Gasteiger partial charge in [-0.25, -0.2) is 9.97 Å². The molecule has 0 atom stereocenters. The Bertz CT molecular complexity index is 911. The number of nitrogens with one attached hydrogen (secondary N) is 2. The second kappa shape index (κ2) is 6.58. The molecular formula is C16H12N6O2. The Labute approximate surface area is 137 Å². The highest BCUT2D eigenvalue weighted by Crippen LogP contribution is 2.14. The van der Waals surface area contributed by atoms with Gasteiger partial charge in [0, 0.05) is 24.1 Å². The molecule has 0 aliphatic carbocycles. The predicted molar refractivity (Wildman–Crippen MR) is 85.7 cm³/mol. The zero-order valence-corrected chi connectivity index (χ0v) is 12.6. The van der Waals surface area contributed by atoms with Gasteiger partial charge in [-0.1, -0.05) is 11.2 Å². The van der Waals surface area contributed by atoms with Crippen LogP contribution in [0.25, 0.3) is 0 Å². The van der Waals surface area contributed by atoms with Crippen molar-refractivity contribution in [2.24, 2.45) is 0 Å². The molecule has 1 aromatic carbocycles. The van der Waals surface area contributed by atoms with Crippen molar-refractivity contribution in [3.63, 3.8) is 0 Å². The van der Waals surface area contributed by atoms with Crippen LogP contribution in [-0.2, 0) is 0 Å². The highest BCUT2D eigenvalue weighted by molar-refractivity contribution is 6.03. The maximum atomic E-state index is 12.2. The van der Waals surface area contributed by atoms with Crippen molar-refractivity contribution in [3.8, 4) is 6.07 Å². The number of carbonyl (C=O) groups excluding carboxylic acids is 1. The molecule has 2 aromatic heterocycles. The summed E-state index contributed by atoms with van der Waals surface area (Å²) in [6.45, 7) is 1.77. The molecular weight excluding hydrogens is 308 g/mol. The average molecular weight is 320 g/mol. The lowest BCUT2D eigenvalue weighted by molar-refractivity contribution is 0.102. The van der Waals surface area contributed by atoms with Gasteiger partial charge in [0.2, 0.25) is 5.95 Å². The van der Waals surface area contributed by atoms with E-state index in [-0.39, 0.29) is 5.91 Å². The molecule has 3 aromatic rings. The van der Waals surface area contributed by atoms with Crippen LogP contribution in [0, 0.1) is 18.3 Å². The number of nitriles is 1. The fourth-order valence-corrected chi connectivity index (χ4v) is 1.92. The summed E-state index contributed by atoms with van der Waals surface area (Å²) in [4.78, 5) is 20.3. The molecule has 0 radical (unpaired) electrons. The standard InChI is InChI=1S/C16H12N6O2/c1-10-5-14(22-24-10)21-16-18-8-12(9-19-16)15(23)20-13-4-2-3-11(6-13)7-17/h2-6,8-9H,1H3,(H,20,23)(H,18,19,21,22). The Kier molecular flexibility index (Phi) is 4.16. The molecule has 118 valence electrons. The average Bonchev–Trinajstić information content (AvgIpc) is 3.00. The molecule has 0 aliphatic rings. The number of anilines is 3. The molecule has 2 N–H and O–H groups in total. The van der Waals surface area contributed by atoms with Gasteiger partial charge < -0.3 is 15.2 Å². The predicted octanol–water partition coefficient (Wildman–Crippen LogP) is 2.64. The molecule has 3 rings (SSSR count). The highest BCUT2D eigenvalue weighted by Gasteiger charge is 2.09. The lowest BCUT2D eigenvalue weighted by Crippen LogP contribution is -2.13. The van der Waals surface area contributed by atoms with Crippen LogP contribution in [0.4, 0.5) is 17.5 Å². The number of nitrogens with zero attached hydrogens (tertiary/aromatic N) is 4. The van der Waals surface area contributed by atoms with Crippen LogP contribution >= 0.6 is 0 Å². The monoisotopic (exact) mass is 320 g/mol. The molecule has 8 nitrogen and oxygen atoms in total. The maximum Gasteiger partial charge on any atom is 0.258 e. The number of rotatable bonds is 4. The SMILES string of the molecule is Cc1cc(Nc2ncc(C(=O)Nc3cccc(C#N)c3)cn2)no1. The lowest BCUT2D eigenvalue weighted by atomic mass is 10.2. The minimum Gasteiger partial charge on any atom is -0.360 e. The second-order valence-electron chi connectivity index (χ2n) is 4.89. The van der Waals surface area contributed by atoms with E-state index in [0.717, 1.165) is 0 Å². The zero-order chi connectivity index (χ0) is 16.9. The summed E-state index contributed by atoms with van der Waals surface area (Å²) in [5.41, 5.74) is 1.28. The van der Waals surface area contributed by atoms with Gasteiger partial charge in [0.05, 0.1) is 17.2 Å². The molecule has 0 aliphatic heterocycles. The van der Waals surface area contributed by atoms with Crippen LogP contribution in [-0.4, -0.2) is 21.0 Å². The Hall–Kier alpha value is -3.73. The quantitative estimate of drug-likeness (QED) is 0.758. The van der Waals surface area contributed by atoms with E-state index in [2.05, 4.69) is 25.8 Å². The number of hydrogen-bond acceptors (Lipinski definition) is 7. The first-order valence-corrected chi connectivity index (χ1v) is 6.98. The van der Waals surface area contributed by atoms with E-state index in [1.54, 1.807) is 37.3 Å². The van der Waals surface area contributed by atoms with Gasteiger partial charge in [-0.3, -0.25) is 4.79 Å². The molecule has 0 bridgehead atoms. The molecule has 24 heavy (non-hydrogen) atoms. The molecule has 0 unspecified atom stereocenters. The Balaban J connectivity index is 1.68. The van der Waals surface area contributed by atoms with E-state index < -0.39 is 0 Å². The van der Waals surface area contributed by atoms with E-state index >= 15 is 0 Å². The minimum absolute atomic E-state index is 0.291. The van der Waals surface area contributed by atoms with E-state index in [1.807, 2.05) is 6.07 Å². The van der Waals surface area contributed by atoms with Crippen LogP contribution < -0.4 is 10.6 Å². The third-order valence-corrected chi connectivity index (χ3v) is 3.03. The number of amides is 1. The minimum atomic E-state index is -0.367. The van der Waals surface area contributed by atoms with Crippen molar-refractivity contribution in [1.29, 1.82) is 5.26 Å². The van der Waals surface area contributed by atoms with Gasteiger partial charge in [0.1, 0.15) is 5.76 Å². The summed E-state index contributed by atoms with van der Waals surface area (Å²) in [5, 5.41) is 18.2. The largest absolute Gasteiger partial charge is 0.360 e. The highest BCUT2D eigenvalue weighted by atomic mass is 16.5. The van der Waals surface area contributed by atoms with E-state index in [9.17, 15) is 4.79 Å². The third kappa shape index (κ3) is 3.53. The fraction of sp³-hybridized carbons (Fsp3) is 0.0625. The summed E-state index contributed by atoms with van der Waals surface area (Å²) in [6, 6.07) is 10.3. The normalized spacial score (nSPS) is 10.0. The first kappa shape index (κ1) is 15.2. The summed E-state index contributed by atoms with van der Waals surface area (Å²) in [6.07, 6.45) is 2.79. The molecule has 8 heteroatoms. The van der Waals surface area contributed by atoms with Crippen LogP contribution in [0.15, 0.2) is 47.2 Å². The summed E-state index contributed by atoms with van der Waals surface area (Å²) in [5.74, 6) is 1.08. The molecule has 0 fully saturated rings. The molecule has 0 saturated heterocycles. The third-order valence-electron chi connectivity index (χ3n) is 3.03. The van der Waals surface area contributed by atoms with Crippen molar-refractivity contribution < 1.29 is 9.32 Å². The lowest BCUT2D eigenvalue weighted by Gasteiger charge is -2.05. The summed E-state index contributed by atoms with van der Waals surface area (Å²) < 4.78 is 4.93. The van der Waals surface area contributed by atoms with Gasteiger partial charge in [-0.15, -0.1) is 0 Å². The van der Waals surface area contributed by atoms with Gasteiger partial charge in [0.15, 0.2) is 5.82 Å². The molecule has 0 saturated carbocycles. The second-order valence-corrected chi connectivity index (χ2v) is 4.89. The number of carbonyl (C=O) groups is 1. The number of aromatic nitrogens is 3. The van der Waals surface area contributed by atoms with Gasteiger partial charge in [0.25, 0.3) is 5.91 Å². The summed E-state index contributed by atoms with van der Waals surface area (Å²) >= 11 is 0. The Morgan fingerprint density at radius 1 is 1.25 bits per heavy atom. The van der Waals surface area contributed by atoms with Crippen molar-refractivity contribution >= 4 is 23.4 Å². The van der Waals surface area contributed by atoms with Crippen LogP contribution in [0.3, 0.4) is 0 Å². The van der Waals surface area contributed by atoms with Crippen molar-refractivity contribution in [3.05, 3.63) is 59.6 Å². The Morgan fingerprint density at radius 2 is 2.04 bits per heavy atom. The van der Waals surface area contributed by atoms with Crippen molar-refractivity contribution in [2.75, 3.05) is 10.6 Å². The topological polar surface area (TPSA) is 117 Å². The van der Waals surface area contributed by atoms with E-state index in [4.69, 9.17) is 9.78 Å². The number of aryl methyl sites for hydroxylation is 1. The molecule has 2 heterocycles. The number of benzene rings is 1. The Morgan fingerprint density at radius 3 is 2.71 bits per heavy atom. The smallest absolute Gasteiger partial charge is 0.258 e. The first-order chi connectivity index (χ1) is 11.6. The first-order valence-electron chi connectivity index (χ1n) is 6.98. The zero-order valence-electron chi connectivity index (χ0n) is 12.6. The van der Waals surface area contributed by atoms with Gasteiger partial charge in [-0.2, -0.15) is 5.26 Å². The van der Waals surface area contributed by atoms with Crippen molar-refractivity contribution in [2.45, 2.75) is 6.92 Å². The maximum absolute atomic E-state index is 12.2. The van der Waals surface area contributed by atoms with Gasteiger partial charge >= 0.3 is 0 Å².